The average molecular weight is 435 g/mol. The highest BCUT2D eigenvalue weighted by atomic mass is 16.6. The number of likely N-dealkylation sites (tertiary alicyclic amines) is 1. The molecule has 32 heavy (non-hydrogen) atoms. The van der Waals surface area contributed by atoms with E-state index in [-0.39, 0.29) is 16.5 Å². The van der Waals surface area contributed by atoms with Crippen LogP contribution in [0.25, 0.3) is 0 Å². The van der Waals surface area contributed by atoms with Gasteiger partial charge in [0, 0.05) is 32.0 Å². The van der Waals surface area contributed by atoms with Gasteiger partial charge in [0.25, 0.3) is 5.69 Å². The Labute approximate surface area is 188 Å². The number of aryl methyl sites for hydroxylation is 1. The van der Waals surface area contributed by atoms with Crippen LogP contribution in [-0.2, 0) is 4.79 Å². The number of amides is 1. The molecule has 0 unspecified atom stereocenters. The quantitative estimate of drug-likeness (QED) is 0.487. The Bertz CT molecular complexity index is 1040. The standard InChI is InChI=1S/C25H30N4O3/c1-18-7-5-9-20(15-18)22-16-24(21-10-3-4-11-23(21)29(31)32)28(26-22)25(30)12-14-27-13-6-8-19(2)17-27/h3-5,7,9-11,15,19,24H,6,8,12-14,16-17H2,1-2H3/t19-,24-/m0/s1. The number of nitro benzene ring substituents is 1. The molecular formula is C25H30N4O3. The summed E-state index contributed by atoms with van der Waals surface area (Å²) in [6.45, 7) is 6.98. The third-order valence-electron chi connectivity index (χ3n) is 6.39. The SMILES string of the molecule is Cc1cccc(C2=NN(C(=O)CCN3CCC[C@H](C)C3)[C@H](c3ccccc3[N+](=O)[O-])C2)c1. The van der Waals surface area contributed by atoms with Crippen LogP contribution in [0.5, 0.6) is 0 Å². The van der Waals surface area contributed by atoms with E-state index in [0.717, 1.165) is 36.3 Å². The van der Waals surface area contributed by atoms with Gasteiger partial charge in [0.2, 0.25) is 5.91 Å². The van der Waals surface area contributed by atoms with E-state index in [2.05, 4.69) is 11.8 Å². The molecule has 4 rings (SSSR count). The third kappa shape index (κ3) is 4.88. The smallest absolute Gasteiger partial charge is 0.274 e. The number of hydrazone groups is 1. The Morgan fingerprint density at radius 3 is 2.78 bits per heavy atom. The normalized spacial score (nSPS) is 21.4. The number of piperidine rings is 1. The summed E-state index contributed by atoms with van der Waals surface area (Å²) in [5, 5.41) is 17.9. The minimum Gasteiger partial charge on any atom is -0.303 e. The summed E-state index contributed by atoms with van der Waals surface area (Å²) in [5.74, 6) is 0.560. The molecule has 2 aliphatic heterocycles. The van der Waals surface area contributed by atoms with Gasteiger partial charge < -0.3 is 4.90 Å². The molecule has 7 nitrogen and oxygen atoms in total. The molecule has 2 aromatic carbocycles. The molecule has 2 atom stereocenters. The van der Waals surface area contributed by atoms with E-state index >= 15 is 0 Å². The van der Waals surface area contributed by atoms with E-state index < -0.39 is 6.04 Å². The largest absolute Gasteiger partial charge is 0.303 e. The molecule has 0 saturated carbocycles. The Morgan fingerprint density at radius 2 is 2.03 bits per heavy atom. The maximum absolute atomic E-state index is 13.3. The molecule has 2 aliphatic rings. The molecule has 0 radical (unpaired) electrons. The predicted octanol–water partition coefficient (Wildman–Crippen LogP) is 4.70. The van der Waals surface area contributed by atoms with E-state index in [0.29, 0.717) is 30.9 Å². The molecule has 0 spiro atoms. The molecular weight excluding hydrogens is 404 g/mol. The number of rotatable bonds is 6. The molecule has 1 amide bonds. The number of nitro groups is 1. The highest BCUT2D eigenvalue weighted by molar-refractivity contribution is 6.03. The van der Waals surface area contributed by atoms with Crippen molar-refractivity contribution in [2.24, 2.45) is 11.0 Å². The third-order valence-corrected chi connectivity index (χ3v) is 6.39. The number of hydrogen-bond donors (Lipinski definition) is 0. The van der Waals surface area contributed by atoms with Gasteiger partial charge in [-0.3, -0.25) is 14.9 Å². The summed E-state index contributed by atoms with van der Waals surface area (Å²) in [7, 11) is 0. The highest BCUT2D eigenvalue weighted by Crippen LogP contribution is 2.37. The van der Waals surface area contributed by atoms with Gasteiger partial charge in [-0.1, -0.05) is 48.9 Å². The van der Waals surface area contributed by atoms with Crippen molar-refractivity contribution in [3.63, 3.8) is 0 Å². The molecule has 0 aromatic heterocycles. The molecule has 0 N–H and O–H groups in total. The van der Waals surface area contributed by atoms with Crippen LogP contribution in [-0.4, -0.2) is 46.1 Å². The van der Waals surface area contributed by atoms with E-state index in [9.17, 15) is 14.9 Å². The van der Waals surface area contributed by atoms with Gasteiger partial charge in [0.05, 0.1) is 22.2 Å². The van der Waals surface area contributed by atoms with Crippen LogP contribution in [0.4, 0.5) is 5.69 Å². The lowest BCUT2D eigenvalue weighted by Crippen LogP contribution is -2.37. The van der Waals surface area contributed by atoms with Crippen molar-refractivity contribution in [3.05, 3.63) is 75.3 Å². The van der Waals surface area contributed by atoms with Crippen molar-refractivity contribution in [3.8, 4) is 0 Å². The second kappa shape index (κ2) is 9.61. The summed E-state index contributed by atoms with van der Waals surface area (Å²) >= 11 is 0. The predicted molar refractivity (Wildman–Crippen MR) is 124 cm³/mol. The number of nitrogens with zero attached hydrogens (tertiary/aromatic N) is 4. The summed E-state index contributed by atoms with van der Waals surface area (Å²) in [6.07, 6.45) is 3.21. The second-order valence-corrected chi connectivity index (χ2v) is 8.99. The van der Waals surface area contributed by atoms with E-state index in [1.807, 2.05) is 31.2 Å². The summed E-state index contributed by atoms with van der Waals surface area (Å²) in [6, 6.07) is 14.2. The van der Waals surface area contributed by atoms with Crippen LogP contribution < -0.4 is 0 Å². The first kappa shape index (κ1) is 22.1. The molecule has 2 aromatic rings. The van der Waals surface area contributed by atoms with Crippen molar-refractivity contribution < 1.29 is 9.72 Å². The van der Waals surface area contributed by atoms with Crippen molar-refractivity contribution >= 4 is 17.3 Å². The van der Waals surface area contributed by atoms with Crippen LogP contribution in [0.15, 0.2) is 53.6 Å². The molecule has 0 bridgehead atoms. The fraction of sp³-hybridized carbons (Fsp3) is 0.440. The van der Waals surface area contributed by atoms with Crippen molar-refractivity contribution in [2.45, 2.75) is 45.6 Å². The summed E-state index contributed by atoms with van der Waals surface area (Å²) in [5.41, 5.74) is 3.41. The lowest BCUT2D eigenvalue weighted by atomic mass is 9.96. The molecule has 168 valence electrons. The second-order valence-electron chi connectivity index (χ2n) is 8.99. The molecule has 1 fully saturated rings. The van der Waals surface area contributed by atoms with Crippen LogP contribution in [0, 0.1) is 23.0 Å². The Hall–Kier alpha value is -3.06. The Balaban J connectivity index is 1.60. The fourth-order valence-electron chi connectivity index (χ4n) is 4.78. The lowest BCUT2D eigenvalue weighted by molar-refractivity contribution is -0.385. The number of benzene rings is 2. The van der Waals surface area contributed by atoms with E-state index in [1.54, 1.807) is 18.2 Å². The zero-order valence-electron chi connectivity index (χ0n) is 18.7. The molecule has 1 saturated heterocycles. The minimum atomic E-state index is -0.472. The molecule has 7 heteroatoms. The zero-order valence-corrected chi connectivity index (χ0v) is 18.7. The molecule has 0 aliphatic carbocycles. The highest BCUT2D eigenvalue weighted by Gasteiger charge is 2.36. The van der Waals surface area contributed by atoms with Gasteiger partial charge >= 0.3 is 0 Å². The number of para-hydroxylation sites is 1. The summed E-state index contributed by atoms with van der Waals surface area (Å²) in [4.78, 5) is 26.9. The number of hydrogen-bond acceptors (Lipinski definition) is 5. The van der Waals surface area contributed by atoms with E-state index in [1.165, 1.54) is 17.5 Å². The Morgan fingerprint density at radius 1 is 1.22 bits per heavy atom. The van der Waals surface area contributed by atoms with Crippen molar-refractivity contribution in [1.29, 1.82) is 0 Å². The number of carbonyl (C=O) groups excluding carboxylic acids is 1. The van der Waals surface area contributed by atoms with E-state index in [4.69, 9.17) is 5.10 Å². The van der Waals surface area contributed by atoms with Gasteiger partial charge in [-0.15, -0.1) is 0 Å². The Kier molecular flexibility index (Phi) is 6.65. The van der Waals surface area contributed by atoms with Crippen LogP contribution in [0.3, 0.4) is 0 Å². The zero-order chi connectivity index (χ0) is 22.7. The van der Waals surface area contributed by atoms with Gasteiger partial charge in [-0.05, 0) is 43.9 Å². The van der Waals surface area contributed by atoms with Gasteiger partial charge in [-0.2, -0.15) is 5.10 Å². The number of carbonyl (C=O) groups is 1. The molecule has 2 heterocycles. The summed E-state index contributed by atoms with van der Waals surface area (Å²) < 4.78 is 0. The first-order chi connectivity index (χ1) is 15.4. The fourth-order valence-corrected chi connectivity index (χ4v) is 4.78. The van der Waals surface area contributed by atoms with Gasteiger partial charge in [0.1, 0.15) is 0 Å². The lowest BCUT2D eigenvalue weighted by Gasteiger charge is -2.31. The first-order valence-corrected chi connectivity index (χ1v) is 11.3. The monoisotopic (exact) mass is 434 g/mol. The van der Waals surface area contributed by atoms with Crippen LogP contribution >= 0.6 is 0 Å². The maximum atomic E-state index is 13.3. The van der Waals surface area contributed by atoms with Gasteiger partial charge in [0.15, 0.2) is 0 Å². The maximum Gasteiger partial charge on any atom is 0.274 e. The van der Waals surface area contributed by atoms with Crippen molar-refractivity contribution in [2.75, 3.05) is 19.6 Å². The van der Waals surface area contributed by atoms with Gasteiger partial charge in [-0.25, -0.2) is 5.01 Å². The van der Waals surface area contributed by atoms with Crippen LogP contribution in [0.2, 0.25) is 0 Å². The van der Waals surface area contributed by atoms with Crippen molar-refractivity contribution in [1.82, 2.24) is 9.91 Å². The van der Waals surface area contributed by atoms with Crippen LogP contribution in [0.1, 0.15) is 55.3 Å². The minimum absolute atomic E-state index is 0.0286. The first-order valence-electron chi connectivity index (χ1n) is 11.3. The topological polar surface area (TPSA) is 79.0 Å². The average Bonchev–Trinajstić information content (AvgIpc) is 3.23.